The van der Waals surface area contributed by atoms with E-state index >= 15 is 0 Å². The summed E-state index contributed by atoms with van der Waals surface area (Å²) in [7, 11) is 0. The minimum atomic E-state index is -0.350. The molecule has 3 rings (SSSR count). The molecule has 1 unspecified atom stereocenters. The smallest absolute Gasteiger partial charge is 0.339 e. The second-order valence-electron chi connectivity index (χ2n) is 5.51. The van der Waals surface area contributed by atoms with E-state index in [-0.39, 0.29) is 18.0 Å². The molecule has 0 fully saturated rings. The summed E-state index contributed by atoms with van der Waals surface area (Å²) in [6.45, 7) is 2.08. The number of thioether (sulfide) groups is 1. The van der Waals surface area contributed by atoms with E-state index < -0.39 is 0 Å². The van der Waals surface area contributed by atoms with Gasteiger partial charge in [-0.1, -0.05) is 60.3 Å². The molecule has 0 aromatic heterocycles. The Morgan fingerprint density at radius 2 is 1.76 bits per heavy atom. The maximum atomic E-state index is 12.7. The highest BCUT2D eigenvalue weighted by Crippen LogP contribution is 2.29. The van der Waals surface area contributed by atoms with Crippen molar-refractivity contribution in [1.82, 2.24) is 10.6 Å². The average Bonchev–Trinajstić information content (AvgIpc) is 2.61. The van der Waals surface area contributed by atoms with Crippen LogP contribution in [0.2, 0.25) is 0 Å². The lowest BCUT2D eigenvalue weighted by Crippen LogP contribution is -2.48. The number of hydrogen-bond acceptors (Lipinski definition) is 4. The number of allylic oxidation sites excluding steroid dienone is 1. The summed E-state index contributed by atoms with van der Waals surface area (Å²) in [5.41, 5.74) is 2.22. The van der Waals surface area contributed by atoms with Gasteiger partial charge in [0, 0.05) is 10.6 Å². The Morgan fingerprint density at radius 3 is 2.44 bits per heavy atom. The Kier molecular flexibility index (Phi) is 5.73. The minimum Gasteiger partial charge on any atom is -0.457 e. The standard InChI is InChI=1S/C19H18N2O2S2/c1-13-16(18(22)23-12-14-8-4-2-5-9-14)17(21-19(24)20-13)25-15-10-6-3-7-11-15/h2-11,17H,12H2,1H3,(H2,20,21,24). The average molecular weight is 370 g/mol. The van der Waals surface area contributed by atoms with Gasteiger partial charge >= 0.3 is 5.97 Å². The lowest BCUT2D eigenvalue weighted by Gasteiger charge is -2.29. The Hall–Kier alpha value is -2.31. The molecular weight excluding hydrogens is 352 g/mol. The highest BCUT2D eigenvalue weighted by atomic mass is 32.2. The van der Waals surface area contributed by atoms with E-state index in [0.717, 1.165) is 16.2 Å². The Morgan fingerprint density at radius 1 is 1.12 bits per heavy atom. The van der Waals surface area contributed by atoms with Crippen molar-refractivity contribution in [2.45, 2.75) is 23.8 Å². The van der Waals surface area contributed by atoms with Gasteiger partial charge in [0.1, 0.15) is 12.0 Å². The summed E-state index contributed by atoms with van der Waals surface area (Å²) in [5.74, 6) is -0.350. The summed E-state index contributed by atoms with van der Waals surface area (Å²) >= 11 is 6.77. The fourth-order valence-electron chi connectivity index (χ4n) is 2.45. The second-order valence-corrected chi connectivity index (χ2v) is 7.10. The Bertz CT molecular complexity index is 792. The van der Waals surface area contributed by atoms with Crippen molar-refractivity contribution in [3.8, 4) is 0 Å². The van der Waals surface area contributed by atoms with Gasteiger partial charge in [0.05, 0.1) is 5.57 Å². The molecule has 0 bridgehead atoms. The third-order valence-electron chi connectivity index (χ3n) is 3.66. The SMILES string of the molecule is CC1=C(C(=O)OCc2ccccc2)C(Sc2ccccc2)NC(=S)N1. The van der Waals surface area contributed by atoms with Crippen molar-refractivity contribution in [2.24, 2.45) is 0 Å². The van der Waals surface area contributed by atoms with Gasteiger partial charge in [-0.05, 0) is 36.8 Å². The number of carbonyl (C=O) groups excluding carboxylic acids is 1. The first-order chi connectivity index (χ1) is 12.1. The van der Waals surface area contributed by atoms with E-state index in [4.69, 9.17) is 17.0 Å². The molecule has 128 valence electrons. The van der Waals surface area contributed by atoms with E-state index in [1.807, 2.05) is 67.6 Å². The molecule has 2 aromatic carbocycles. The van der Waals surface area contributed by atoms with E-state index in [0.29, 0.717) is 10.7 Å². The number of ether oxygens (including phenoxy) is 1. The molecule has 2 aromatic rings. The second kappa shape index (κ2) is 8.18. The van der Waals surface area contributed by atoms with E-state index in [2.05, 4.69) is 10.6 Å². The lowest BCUT2D eigenvalue weighted by atomic mass is 10.2. The van der Waals surface area contributed by atoms with Gasteiger partial charge in [-0.25, -0.2) is 4.79 Å². The van der Waals surface area contributed by atoms with Crippen LogP contribution < -0.4 is 10.6 Å². The van der Waals surface area contributed by atoms with E-state index in [9.17, 15) is 4.79 Å². The van der Waals surface area contributed by atoms with E-state index in [1.165, 1.54) is 11.8 Å². The van der Waals surface area contributed by atoms with Crippen molar-refractivity contribution in [1.29, 1.82) is 0 Å². The van der Waals surface area contributed by atoms with Crippen LogP contribution in [0.4, 0.5) is 0 Å². The van der Waals surface area contributed by atoms with Crippen LogP contribution in [-0.4, -0.2) is 16.5 Å². The van der Waals surface area contributed by atoms with Gasteiger partial charge < -0.3 is 15.4 Å². The third kappa shape index (κ3) is 4.61. The van der Waals surface area contributed by atoms with Crippen molar-refractivity contribution >= 4 is 35.1 Å². The molecule has 0 aliphatic carbocycles. The van der Waals surface area contributed by atoms with Crippen LogP contribution in [0.15, 0.2) is 76.8 Å². The summed E-state index contributed by atoms with van der Waals surface area (Å²) in [6, 6.07) is 19.5. The molecule has 0 saturated heterocycles. The molecule has 0 spiro atoms. The van der Waals surface area contributed by atoms with Gasteiger partial charge in [-0.2, -0.15) is 0 Å². The quantitative estimate of drug-likeness (QED) is 0.620. The highest BCUT2D eigenvalue weighted by Gasteiger charge is 2.30. The number of nitrogens with one attached hydrogen (secondary N) is 2. The van der Waals surface area contributed by atoms with Crippen LogP contribution >= 0.6 is 24.0 Å². The molecule has 0 amide bonds. The van der Waals surface area contributed by atoms with Crippen LogP contribution in [0.5, 0.6) is 0 Å². The first-order valence-electron chi connectivity index (χ1n) is 7.84. The lowest BCUT2D eigenvalue weighted by molar-refractivity contribution is -0.140. The molecule has 0 radical (unpaired) electrons. The molecular formula is C19H18N2O2S2. The predicted molar refractivity (Wildman–Crippen MR) is 104 cm³/mol. The fourth-order valence-corrected chi connectivity index (χ4v) is 3.95. The molecule has 2 N–H and O–H groups in total. The molecule has 6 heteroatoms. The predicted octanol–water partition coefficient (Wildman–Crippen LogP) is 3.60. The molecule has 0 saturated carbocycles. The van der Waals surface area contributed by atoms with Gasteiger partial charge in [0.25, 0.3) is 0 Å². The highest BCUT2D eigenvalue weighted by molar-refractivity contribution is 8.00. The number of carbonyl (C=O) groups is 1. The molecule has 25 heavy (non-hydrogen) atoms. The molecule has 1 atom stereocenters. The summed E-state index contributed by atoms with van der Waals surface area (Å²) in [5, 5.41) is 6.37. The summed E-state index contributed by atoms with van der Waals surface area (Å²) < 4.78 is 5.51. The maximum absolute atomic E-state index is 12.7. The molecule has 1 aliphatic heterocycles. The summed E-state index contributed by atoms with van der Waals surface area (Å²) in [4.78, 5) is 13.7. The van der Waals surface area contributed by atoms with Gasteiger partial charge in [0.15, 0.2) is 5.11 Å². The monoisotopic (exact) mass is 370 g/mol. The van der Waals surface area contributed by atoms with Crippen LogP contribution in [-0.2, 0) is 16.1 Å². The first kappa shape index (κ1) is 17.5. The topological polar surface area (TPSA) is 50.4 Å². The zero-order valence-corrected chi connectivity index (χ0v) is 15.3. The Labute approximate surface area is 156 Å². The maximum Gasteiger partial charge on any atom is 0.339 e. The van der Waals surface area contributed by atoms with Gasteiger partial charge in [0.2, 0.25) is 0 Å². The third-order valence-corrected chi connectivity index (χ3v) is 5.01. The van der Waals surface area contributed by atoms with Crippen molar-refractivity contribution < 1.29 is 9.53 Å². The zero-order valence-electron chi connectivity index (χ0n) is 13.7. The fraction of sp³-hybridized carbons (Fsp3) is 0.158. The van der Waals surface area contributed by atoms with Crippen LogP contribution in [0.25, 0.3) is 0 Å². The molecule has 1 heterocycles. The van der Waals surface area contributed by atoms with Gasteiger partial charge in [-0.3, -0.25) is 0 Å². The summed E-state index contributed by atoms with van der Waals surface area (Å²) in [6.07, 6.45) is 0. The number of rotatable bonds is 5. The van der Waals surface area contributed by atoms with Gasteiger partial charge in [-0.15, -0.1) is 0 Å². The molecule has 4 nitrogen and oxygen atoms in total. The normalized spacial score (nSPS) is 16.8. The number of hydrogen-bond donors (Lipinski definition) is 2. The minimum absolute atomic E-state index is 0.240. The van der Waals surface area contributed by atoms with Crippen LogP contribution in [0.3, 0.4) is 0 Å². The van der Waals surface area contributed by atoms with Crippen molar-refractivity contribution in [3.05, 3.63) is 77.5 Å². The zero-order chi connectivity index (χ0) is 17.6. The number of benzene rings is 2. The first-order valence-corrected chi connectivity index (χ1v) is 9.13. The number of esters is 1. The van der Waals surface area contributed by atoms with Crippen molar-refractivity contribution in [3.63, 3.8) is 0 Å². The Balaban J connectivity index is 1.76. The van der Waals surface area contributed by atoms with Crippen molar-refractivity contribution in [2.75, 3.05) is 0 Å². The van der Waals surface area contributed by atoms with Crippen LogP contribution in [0, 0.1) is 0 Å². The van der Waals surface area contributed by atoms with Crippen LogP contribution in [0.1, 0.15) is 12.5 Å². The number of thiocarbonyl (C=S) groups is 1. The molecule has 1 aliphatic rings. The van der Waals surface area contributed by atoms with E-state index in [1.54, 1.807) is 0 Å². The largest absolute Gasteiger partial charge is 0.457 e.